The van der Waals surface area contributed by atoms with Crippen molar-refractivity contribution in [2.75, 3.05) is 0 Å². The third-order valence-corrected chi connectivity index (χ3v) is 9.36. The zero-order valence-electron chi connectivity index (χ0n) is 37.1. The molecule has 4 heterocycles. The molecule has 7 heteroatoms. The molecule has 8 rings (SSSR count). The Morgan fingerprint density at radius 2 is 1.31 bits per heavy atom. The van der Waals surface area contributed by atoms with E-state index in [9.17, 15) is 0 Å². The van der Waals surface area contributed by atoms with Gasteiger partial charge in [-0.1, -0.05) is 89.9 Å². The van der Waals surface area contributed by atoms with E-state index in [1.807, 2.05) is 22.8 Å². The Hall–Kier alpha value is -5.78. The lowest BCUT2D eigenvalue weighted by Gasteiger charge is -2.20. The van der Waals surface area contributed by atoms with Crippen molar-refractivity contribution < 1.29 is 21.1 Å². The first-order chi connectivity index (χ1) is 28.1. The highest BCUT2D eigenvalue weighted by molar-refractivity contribution is 6.09. The summed E-state index contributed by atoms with van der Waals surface area (Å²) in [6.45, 7) is -3.95. The first-order valence-electron chi connectivity index (χ1n) is 21.0. The second kappa shape index (κ2) is 11.6. The van der Waals surface area contributed by atoms with Gasteiger partial charge in [0.1, 0.15) is 5.82 Å². The average molecular weight is 685 g/mol. The first-order valence-corrected chi connectivity index (χ1v) is 16.5. The van der Waals surface area contributed by atoms with Gasteiger partial charge >= 0.3 is 6.01 Å². The quantitative estimate of drug-likeness (QED) is 0.169. The van der Waals surface area contributed by atoms with Crippen LogP contribution in [0.25, 0.3) is 27.6 Å². The maximum atomic E-state index is 16.9. The van der Waals surface area contributed by atoms with Gasteiger partial charge in [-0.25, -0.2) is 4.98 Å². The zero-order valence-corrected chi connectivity index (χ0v) is 28.1. The summed E-state index contributed by atoms with van der Waals surface area (Å²) in [6, 6.07) is 32.0. The highest BCUT2D eigenvalue weighted by atomic mass is 19.3. The smallest absolute Gasteiger partial charge is 0.292 e. The highest BCUT2D eigenvalue weighted by Crippen LogP contribution is 2.42. The van der Waals surface area contributed by atoms with Crippen LogP contribution in [-0.4, -0.2) is 20.5 Å². The molecule has 0 aliphatic carbocycles. The van der Waals surface area contributed by atoms with E-state index < -0.39 is 37.5 Å². The predicted octanol–water partition coefficient (Wildman–Crippen LogP) is 11.2. The summed E-state index contributed by atoms with van der Waals surface area (Å²) < 4.78 is 112. The van der Waals surface area contributed by atoms with Gasteiger partial charge in [-0.15, -0.1) is 0 Å². The van der Waals surface area contributed by atoms with Gasteiger partial charge in [-0.3, -0.25) is 9.55 Å². The van der Waals surface area contributed by atoms with Crippen LogP contribution >= 0.6 is 0 Å². The van der Waals surface area contributed by atoms with Crippen molar-refractivity contribution in [3.8, 4) is 5.82 Å². The molecule has 252 valence electrons. The fraction of sp³-hybridized carbons (Fsp3) is 0.205. The number of hydrogen-bond donors (Lipinski definition) is 0. The molecule has 0 unspecified atom stereocenters. The fourth-order valence-corrected chi connectivity index (χ4v) is 6.63. The molecule has 3 aromatic heterocycles. The molecule has 0 bridgehead atoms. The van der Waals surface area contributed by atoms with E-state index in [2.05, 4.69) is 36.7 Å². The number of alkyl halides is 2. The summed E-state index contributed by atoms with van der Waals surface area (Å²) in [4.78, 5) is 8.99. The molecule has 0 saturated heterocycles. The molecule has 0 amide bonds. The summed E-state index contributed by atoms with van der Waals surface area (Å²) in [5.74, 6) is -2.87. The lowest BCUT2D eigenvalue weighted by atomic mass is 9.87. The molecule has 0 spiro atoms. The van der Waals surface area contributed by atoms with Crippen LogP contribution in [0.2, 0.25) is 0 Å². The van der Waals surface area contributed by atoms with Gasteiger partial charge in [0.05, 0.1) is 17.2 Å². The molecule has 5 nitrogen and oxygen atoms in total. The van der Waals surface area contributed by atoms with Crippen molar-refractivity contribution in [2.45, 2.75) is 58.1 Å². The molecule has 0 radical (unpaired) electrons. The predicted molar refractivity (Wildman–Crippen MR) is 204 cm³/mol. The summed E-state index contributed by atoms with van der Waals surface area (Å²) >= 11 is 0. The van der Waals surface area contributed by atoms with Crippen LogP contribution in [0.3, 0.4) is 0 Å². The lowest BCUT2D eigenvalue weighted by molar-refractivity contribution is 0.0430. The van der Waals surface area contributed by atoms with Crippen LogP contribution < -0.4 is 9.15 Å². The van der Waals surface area contributed by atoms with E-state index in [1.165, 1.54) is 48.5 Å². The Labute approximate surface area is 309 Å². The fourth-order valence-electron chi connectivity index (χ4n) is 6.63. The second-order valence-corrected chi connectivity index (χ2v) is 13.8. The van der Waals surface area contributed by atoms with E-state index >= 15 is 8.78 Å². The van der Waals surface area contributed by atoms with E-state index in [4.69, 9.17) is 12.3 Å². The van der Waals surface area contributed by atoms with Crippen LogP contribution in [0.4, 0.5) is 31.5 Å². The number of nitrogens with zero attached hydrogens (tertiary/aromatic N) is 5. The molecule has 7 aromatic rings. The number of pyridine rings is 2. The number of hydrogen-bond acceptors (Lipinski definition) is 2. The molecule has 1 aliphatic heterocycles. The summed E-state index contributed by atoms with van der Waals surface area (Å²) in [6.07, 6.45) is 5.10. The summed E-state index contributed by atoms with van der Waals surface area (Å²) in [5, 5.41) is 1.62. The maximum absolute atomic E-state index is 16.9. The summed E-state index contributed by atoms with van der Waals surface area (Å²) in [5.41, 5.74) is 0.0402. The average Bonchev–Trinajstić information content (AvgIpc) is 3.73. The molecule has 0 N–H and O–H groups in total. The molecule has 1 aliphatic rings. The third-order valence-electron chi connectivity index (χ3n) is 9.36. The van der Waals surface area contributed by atoms with E-state index in [0.29, 0.717) is 34.1 Å². The van der Waals surface area contributed by atoms with Crippen molar-refractivity contribution in [2.24, 2.45) is 0 Å². The minimum atomic E-state index is -3.46. The number of benzene rings is 4. The molecule has 51 heavy (non-hydrogen) atoms. The number of rotatable bonds is 5. The van der Waals surface area contributed by atoms with Crippen LogP contribution in [0.15, 0.2) is 128 Å². The van der Waals surface area contributed by atoms with Crippen molar-refractivity contribution >= 4 is 50.6 Å². The van der Waals surface area contributed by atoms with Crippen LogP contribution in [0.5, 0.6) is 0 Å². The summed E-state index contributed by atoms with van der Waals surface area (Å²) in [7, 11) is 0. The Bertz CT molecular complexity index is 2860. The largest absolute Gasteiger partial charge is 0.503 e. The Morgan fingerprint density at radius 1 is 0.627 bits per heavy atom. The van der Waals surface area contributed by atoms with Gasteiger partial charge in [-0.05, 0) is 55.4 Å². The number of fused-ring (bicyclic) bond motifs is 4. The van der Waals surface area contributed by atoms with E-state index in [1.54, 1.807) is 70.2 Å². The third kappa shape index (κ3) is 5.55. The SMILES string of the molecule is [2H]C([2H])([2H])C(c1ccc([N+]2=C=[N+](c3cccc(C(F)(F)c4ccc5c6ccncc6n(-c6cc(C(C)(C)C)ccn6)c5c4)c3)c3ccccc32)cc1)(C([2H])([2H])[2H])C([2H])([2H])[2H]. The monoisotopic (exact) mass is 684 g/mol. The van der Waals surface area contributed by atoms with Crippen molar-refractivity contribution in [1.82, 2.24) is 23.7 Å². The number of halogens is 2. The van der Waals surface area contributed by atoms with Gasteiger partial charge in [0.2, 0.25) is 11.4 Å². The maximum Gasteiger partial charge on any atom is 0.503 e. The van der Waals surface area contributed by atoms with E-state index in [0.717, 1.165) is 21.9 Å². The minimum absolute atomic E-state index is 0.179. The van der Waals surface area contributed by atoms with Gasteiger partial charge in [0, 0.05) is 83.0 Å². The Balaban J connectivity index is 1.23. The minimum Gasteiger partial charge on any atom is -0.292 e. The Kier molecular flexibility index (Phi) is 5.39. The topological polar surface area (TPSA) is 36.7 Å². The lowest BCUT2D eigenvalue weighted by Crippen LogP contribution is -2.16. The van der Waals surface area contributed by atoms with Gasteiger partial charge in [0.25, 0.3) is 17.3 Å². The highest BCUT2D eigenvalue weighted by Gasteiger charge is 2.39. The molecule has 0 atom stereocenters. The number of aromatic nitrogens is 3. The first kappa shape index (κ1) is 23.6. The molecular formula is C44H39F2N5+2. The normalized spacial score (nSPS) is 16.8. The van der Waals surface area contributed by atoms with Gasteiger partial charge < -0.3 is 0 Å². The van der Waals surface area contributed by atoms with Crippen LogP contribution in [0, 0.1) is 0 Å². The van der Waals surface area contributed by atoms with Crippen LogP contribution in [-0.2, 0) is 16.8 Å². The van der Waals surface area contributed by atoms with Crippen molar-refractivity contribution in [1.29, 1.82) is 0 Å². The molecule has 0 saturated carbocycles. The Morgan fingerprint density at radius 3 is 2.04 bits per heavy atom. The van der Waals surface area contributed by atoms with Crippen molar-refractivity contribution in [3.05, 3.63) is 150 Å². The molecular weight excluding hydrogens is 637 g/mol. The van der Waals surface area contributed by atoms with Crippen LogP contribution in [0.1, 0.15) is 75.9 Å². The van der Waals surface area contributed by atoms with Crippen molar-refractivity contribution in [3.63, 3.8) is 0 Å². The van der Waals surface area contributed by atoms with Gasteiger partial charge in [0.15, 0.2) is 0 Å². The standard InChI is InChI=1S/C44H39F2N5/c1-42(2,3)29-14-17-33(18-15-29)49-28-50(38-13-8-7-12-37(38)49)34-11-9-10-31(24-34)44(45,46)32-16-19-35-36-21-22-47-27-40(36)51(39(35)25-32)41-26-30(20-23-48-41)43(4,5)6/h7-27H,1-6H3/q+2/i1D3,2D3,3D3. The zero-order chi connectivity index (χ0) is 43.2. The van der Waals surface area contributed by atoms with E-state index in [-0.39, 0.29) is 16.5 Å². The molecule has 4 aromatic carbocycles. The molecule has 0 fully saturated rings. The second-order valence-electron chi connectivity index (χ2n) is 13.8. The number of para-hydroxylation sites is 2. The van der Waals surface area contributed by atoms with Gasteiger partial charge in [-0.2, -0.15) is 8.78 Å².